The van der Waals surface area contributed by atoms with Gasteiger partial charge in [-0.2, -0.15) is 0 Å². The average Bonchev–Trinajstić information content (AvgIpc) is 3.48. The Kier molecular flexibility index (Phi) is 11.2. The molecular formula is C33H30N4O4S4. The second kappa shape index (κ2) is 15.4. The van der Waals surface area contributed by atoms with Gasteiger partial charge in [0.15, 0.2) is 0 Å². The molecule has 3 heterocycles. The van der Waals surface area contributed by atoms with E-state index < -0.39 is 0 Å². The number of benzene rings is 2. The van der Waals surface area contributed by atoms with Crippen LogP contribution in [0, 0.1) is 0 Å². The molecule has 0 bridgehead atoms. The summed E-state index contributed by atoms with van der Waals surface area (Å²) in [6, 6.07) is 19.5. The molecular weight excluding hydrogens is 645 g/mol. The minimum atomic E-state index is -0.289. The minimum Gasteiger partial charge on any atom is -0.339 e. The van der Waals surface area contributed by atoms with E-state index in [0.717, 1.165) is 11.1 Å². The molecule has 3 aliphatic heterocycles. The standard InChI is InChI=1S/C33H30N4O4S4/c38-28(17-18-36-30(40)26(44-32(36)42)15-7-13-24-9-3-1-4-10-24)34-19-21-35(22-20-34)29(39)23-37-31(41)27(45-33(37)43)16-8-14-25-11-5-2-6-12-25/h1-16H,17-23H2/b13-7+,14-8+,26-15+,27-16-. The normalized spacial score (nSPS) is 19.4. The summed E-state index contributed by atoms with van der Waals surface area (Å²) in [6.45, 7) is 1.51. The number of nitrogens with zero attached hydrogens (tertiary/aromatic N) is 4. The van der Waals surface area contributed by atoms with Gasteiger partial charge in [0.25, 0.3) is 11.8 Å². The number of rotatable bonds is 9. The summed E-state index contributed by atoms with van der Waals surface area (Å²) >= 11 is 13.2. The summed E-state index contributed by atoms with van der Waals surface area (Å²) in [5.74, 6) is -0.814. The van der Waals surface area contributed by atoms with Crippen LogP contribution in [0.5, 0.6) is 0 Å². The Bertz CT molecular complexity index is 1610. The lowest BCUT2D eigenvalue weighted by Gasteiger charge is -2.35. The fourth-order valence-corrected chi connectivity index (χ4v) is 7.25. The van der Waals surface area contributed by atoms with Gasteiger partial charge < -0.3 is 9.80 Å². The van der Waals surface area contributed by atoms with Crippen LogP contribution in [0.1, 0.15) is 17.5 Å². The van der Waals surface area contributed by atoms with Crippen molar-refractivity contribution in [3.63, 3.8) is 0 Å². The van der Waals surface area contributed by atoms with Crippen molar-refractivity contribution in [3.8, 4) is 0 Å². The number of carbonyl (C=O) groups is 4. The lowest BCUT2D eigenvalue weighted by molar-refractivity contribution is -0.141. The van der Waals surface area contributed by atoms with Crippen LogP contribution in [0.15, 0.2) is 94.8 Å². The number of amides is 4. The van der Waals surface area contributed by atoms with Crippen molar-refractivity contribution in [2.24, 2.45) is 0 Å². The van der Waals surface area contributed by atoms with Gasteiger partial charge in [0, 0.05) is 39.1 Å². The molecule has 0 aliphatic carbocycles. The largest absolute Gasteiger partial charge is 0.339 e. The SMILES string of the molecule is O=C(CCN1C(=O)/C(=C\C=C\c2ccccc2)SC1=S)N1CCN(C(=O)CN2C(=O)/C(=C/C=C/c3ccccc3)SC2=S)CC1. The van der Waals surface area contributed by atoms with E-state index in [1.54, 1.807) is 28.0 Å². The first-order valence-corrected chi connectivity index (χ1v) is 16.7. The molecule has 0 aromatic heterocycles. The Morgan fingerprint density at radius 3 is 1.62 bits per heavy atom. The van der Waals surface area contributed by atoms with E-state index in [9.17, 15) is 19.2 Å². The van der Waals surface area contributed by atoms with Crippen LogP contribution in [0.2, 0.25) is 0 Å². The third kappa shape index (κ3) is 8.46. The highest BCUT2D eigenvalue weighted by Crippen LogP contribution is 2.32. The first-order valence-electron chi connectivity index (χ1n) is 14.3. The highest BCUT2D eigenvalue weighted by molar-refractivity contribution is 8.27. The quantitative estimate of drug-likeness (QED) is 0.273. The third-order valence-electron chi connectivity index (χ3n) is 7.25. The molecule has 0 radical (unpaired) electrons. The van der Waals surface area contributed by atoms with Gasteiger partial charge in [-0.3, -0.25) is 29.0 Å². The lowest BCUT2D eigenvalue weighted by Crippen LogP contribution is -2.53. The molecule has 4 amide bonds. The van der Waals surface area contributed by atoms with Crippen molar-refractivity contribution in [1.82, 2.24) is 19.6 Å². The fourth-order valence-electron chi connectivity index (χ4n) is 4.78. The number of hydrogen-bond donors (Lipinski definition) is 0. The maximum Gasteiger partial charge on any atom is 0.266 e. The molecule has 2 aromatic carbocycles. The maximum atomic E-state index is 13.0. The van der Waals surface area contributed by atoms with Gasteiger partial charge in [-0.1, -0.05) is 133 Å². The highest BCUT2D eigenvalue weighted by Gasteiger charge is 2.35. The number of thiocarbonyl (C=S) groups is 2. The van der Waals surface area contributed by atoms with Crippen molar-refractivity contribution in [2.45, 2.75) is 6.42 Å². The van der Waals surface area contributed by atoms with E-state index >= 15 is 0 Å². The van der Waals surface area contributed by atoms with Crippen molar-refractivity contribution in [2.75, 3.05) is 39.3 Å². The van der Waals surface area contributed by atoms with E-state index in [1.807, 2.05) is 78.9 Å². The van der Waals surface area contributed by atoms with Gasteiger partial charge in [0.1, 0.15) is 15.2 Å². The highest BCUT2D eigenvalue weighted by atomic mass is 32.2. The molecule has 8 nitrogen and oxygen atoms in total. The Morgan fingerprint density at radius 1 is 0.667 bits per heavy atom. The van der Waals surface area contributed by atoms with Crippen LogP contribution in [0.3, 0.4) is 0 Å². The average molecular weight is 675 g/mol. The second-order valence-corrected chi connectivity index (χ2v) is 13.5. The Hall–Kier alpha value is -3.84. The van der Waals surface area contributed by atoms with E-state index in [4.69, 9.17) is 24.4 Å². The lowest BCUT2D eigenvalue weighted by atomic mass is 10.2. The molecule has 230 valence electrons. The zero-order valence-electron chi connectivity index (χ0n) is 24.2. The summed E-state index contributed by atoms with van der Waals surface area (Å²) in [5, 5.41) is 0. The molecule has 3 fully saturated rings. The van der Waals surface area contributed by atoms with Crippen LogP contribution in [-0.2, 0) is 19.2 Å². The number of hydrogen-bond acceptors (Lipinski definition) is 8. The molecule has 0 spiro atoms. The Morgan fingerprint density at radius 2 is 1.11 bits per heavy atom. The summed E-state index contributed by atoms with van der Waals surface area (Å²) < 4.78 is 0.777. The third-order valence-corrected chi connectivity index (χ3v) is 10.0. The van der Waals surface area contributed by atoms with E-state index in [2.05, 4.69) is 0 Å². The Labute approximate surface area is 281 Å². The van der Waals surface area contributed by atoms with Gasteiger partial charge in [0.2, 0.25) is 11.8 Å². The molecule has 2 aromatic rings. The van der Waals surface area contributed by atoms with Gasteiger partial charge in [-0.15, -0.1) is 0 Å². The van der Waals surface area contributed by atoms with Crippen molar-refractivity contribution >= 4 is 92.4 Å². The smallest absolute Gasteiger partial charge is 0.266 e. The fraction of sp³-hybridized carbons (Fsp3) is 0.212. The molecule has 3 aliphatic rings. The van der Waals surface area contributed by atoms with Gasteiger partial charge >= 0.3 is 0 Å². The predicted octanol–water partition coefficient (Wildman–Crippen LogP) is 4.96. The molecule has 0 unspecified atom stereocenters. The molecule has 12 heteroatoms. The van der Waals surface area contributed by atoms with Crippen molar-refractivity contribution in [3.05, 3.63) is 106 Å². The summed E-state index contributed by atoms with van der Waals surface area (Å²) in [5.41, 5.74) is 2.04. The van der Waals surface area contributed by atoms with E-state index in [0.29, 0.717) is 44.6 Å². The van der Waals surface area contributed by atoms with Crippen LogP contribution in [0.4, 0.5) is 0 Å². The van der Waals surface area contributed by atoms with Crippen LogP contribution in [-0.4, -0.2) is 91.1 Å². The first-order chi connectivity index (χ1) is 21.8. The zero-order valence-corrected chi connectivity index (χ0v) is 27.5. The zero-order chi connectivity index (χ0) is 31.8. The molecule has 0 saturated carbocycles. The summed E-state index contributed by atoms with van der Waals surface area (Å²) in [6.07, 6.45) is 11.0. The van der Waals surface area contributed by atoms with E-state index in [-0.39, 0.29) is 43.1 Å². The molecule has 5 rings (SSSR count). The molecule has 3 saturated heterocycles. The number of allylic oxidation sites excluding steroid dienone is 4. The Balaban J connectivity index is 1.06. The van der Waals surface area contributed by atoms with Crippen LogP contribution >= 0.6 is 48.0 Å². The number of carbonyl (C=O) groups excluding carboxylic acids is 4. The predicted molar refractivity (Wildman–Crippen MR) is 189 cm³/mol. The summed E-state index contributed by atoms with van der Waals surface area (Å²) in [7, 11) is 0. The topological polar surface area (TPSA) is 81.2 Å². The van der Waals surface area contributed by atoms with Crippen molar-refractivity contribution in [1.29, 1.82) is 0 Å². The first kappa shape index (κ1) is 32.6. The van der Waals surface area contributed by atoms with Crippen LogP contribution in [0.25, 0.3) is 12.2 Å². The van der Waals surface area contributed by atoms with E-state index in [1.165, 1.54) is 33.3 Å². The number of piperazine rings is 1. The van der Waals surface area contributed by atoms with Crippen molar-refractivity contribution < 1.29 is 19.2 Å². The van der Waals surface area contributed by atoms with Gasteiger partial charge in [-0.05, 0) is 23.3 Å². The molecule has 45 heavy (non-hydrogen) atoms. The monoisotopic (exact) mass is 674 g/mol. The molecule has 0 N–H and O–H groups in total. The number of thioether (sulfide) groups is 2. The minimum absolute atomic E-state index is 0.102. The van der Waals surface area contributed by atoms with Crippen LogP contribution < -0.4 is 0 Å². The van der Waals surface area contributed by atoms with Gasteiger partial charge in [-0.25, -0.2) is 0 Å². The molecule has 0 atom stereocenters. The second-order valence-electron chi connectivity index (χ2n) is 10.2. The maximum absolute atomic E-state index is 13.0. The van der Waals surface area contributed by atoms with Gasteiger partial charge in [0.05, 0.1) is 9.81 Å². The summed E-state index contributed by atoms with van der Waals surface area (Å²) in [4.78, 5) is 58.9.